The minimum atomic E-state index is -0.561. The molecule has 0 spiro atoms. The van der Waals surface area contributed by atoms with Gasteiger partial charge in [0.1, 0.15) is 16.9 Å². The number of carbonyl (C=O) groups excluding carboxylic acids is 1. The number of fused-ring (bicyclic) bond motifs is 4. The maximum atomic E-state index is 17.3. The first-order valence-electron chi connectivity index (χ1n) is 16.7. The highest BCUT2D eigenvalue weighted by molar-refractivity contribution is 6.09. The number of nitrogens with zero attached hydrogens (tertiary/aromatic N) is 9. The molecule has 0 unspecified atom stereocenters. The van der Waals surface area contributed by atoms with Crippen LogP contribution < -0.4 is 4.90 Å². The normalized spacial score (nSPS) is 19.3. The van der Waals surface area contributed by atoms with E-state index < -0.39 is 11.6 Å². The summed E-state index contributed by atoms with van der Waals surface area (Å²) in [5.74, 6) is -0.668. The van der Waals surface area contributed by atoms with Crippen molar-refractivity contribution in [3.63, 3.8) is 0 Å². The lowest BCUT2D eigenvalue weighted by Gasteiger charge is -2.52. The van der Waals surface area contributed by atoms with Crippen molar-refractivity contribution in [2.45, 2.75) is 57.7 Å². The van der Waals surface area contributed by atoms with Crippen LogP contribution in [-0.4, -0.2) is 105 Å². The molecule has 2 aliphatic rings. The van der Waals surface area contributed by atoms with Crippen molar-refractivity contribution in [2.24, 2.45) is 0 Å². The fourth-order valence-corrected chi connectivity index (χ4v) is 7.57. The molecule has 0 radical (unpaired) electrons. The number of amides is 1. The Hall–Kier alpha value is -5.00. The number of nitrogens with one attached hydrogen (secondary N) is 1. The predicted octanol–water partition coefficient (Wildman–Crippen LogP) is 5.21. The Morgan fingerprint density at radius 2 is 1.98 bits per heavy atom. The summed E-state index contributed by atoms with van der Waals surface area (Å²) in [6.45, 7) is 7.65. The lowest BCUT2D eigenvalue weighted by molar-refractivity contribution is -0.130. The standard InChI is InChI=1S/C36H40F2N10O2/c1-20-14-24-32(31(38)29(20)30-21(2)26(37)16-27-25(30)17-40-42-27)41-35(46-18-36(3,19-46)45(4)5)33-34(24)48(44-43-33)23-10-12-47(22(15-23)9-11-39)28(49)8-7-13-50-6/h7-8,14,16-17,22-23H,9-10,12-13,15,18-19H2,1-6H3,(H,40,42)/b8-7+/t22-,23+/m1/s1. The molecule has 7 rings (SSSR count). The molecular weight excluding hydrogens is 642 g/mol. The van der Waals surface area contributed by atoms with Crippen LogP contribution in [-0.2, 0) is 9.53 Å². The number of nitriles is 1. The minimum Gasteiger partial charge on any atom is -0.381 e. The second-order valence-corrected chi connectivity index (χ2v) is 14.0. The van der Waals surface area contributed by atoms with E-state index in [1.807, 2.05) is 31.8 Å². The molecular formula is C36H40F2N10O2. The number of likely N-dealkylation sites (tertiary alicyclic amines) is 1. The summed E-state index contributed by atoms with van der Waals surface area (Å²) in [7, 11) is 5.63. The van der Waals surface area contributed by atoms with Crippen molar-refractivity contribution in [1.29, 1.82) is 5.26 Å². The number of aromatic amines is 1. The summed E-state index contributed by atoms with van der Waals surface area (Å²) in [4.78, 5) is 24.0. The third-order valence-corrected chi connectivity index (χ3v) is 10.6. The quantitative estimate of drug-likeness (QED) is 0.219. The zero-order valence-corrected chi connectivity index (χ0v) is 29.1. The van der Waals surface area contributed by atoms with Crippen LogP contribution in [0.25, 0.3) is 44.0 Å². The Balaban J connectivity index is 1.40. The third-order valence-electron chi connectivity index (χ3n) is 10.6. The summed E-state index contributed by atoms with van der Waals surface area (Å²) < 4.78 is 39.3. The Morgan fingerprint density at radius 1 is 1.20 bits per heavy atom. The first kappa shape index (κ1) is 33.5. The number of hydrogen-bond acceptors (Lipinski definition) is 9. The van der Waals surface area contributed by atoms with Crippen molar-refractivity contribution >= 4 is 44.6 Å². The summed E-state index contributed by atoms with van der Waals surface area (Å²) in [5.41, 5.74) is 3.32. The lowest BCUT2D eigenvalue weighted by atomic mass is 9.90. The number of rotatable bonds is 8. The molecule has 2 aliphatic heterocycles. The van der Waals surface area contributed by atoms with Crippen LogP contribution in [0.1, 0.15) is 43.4 Å². The number of hydrogen-bond donors (Lipinski definition) is 1. The Labute approximate surface area is 288 Å². The average Bonchev–Trinajstić information content (AvgIpc) is 3.73. The van der Waals surface area contributed by atoms with Gasteiger partial charge < -0.3 is 19.4 Å². The van der Waals surface area contributed by atoms with Crippen LogP contribution >= 0.6 is 0 Å². The van der Waals surface area contributed by atoms with E-state index in [1.54, 1.807) is 31.2 Å². The van der Waals surface area contributed by atoms with E-state index in [4.69, 9.17) is 9.72 Å². The van der Waals surface area contributed by atoms with Crippen molar-refractivity contribution < 1.29 is 18.3 Å². The van der Waals surface area contributed by atoms with Gasteiger partial charge in [-0.2, -0.15) is 10.4 Å². The van der Waals surface area contributed by atoms with E-state index >= 15 is 8.78 Å². The highest BCUT2D eigenvalue weighted by Gasteiger charge is 2.43. The molecule has 0 saturated carbocycles. The number of carbonyl (C=O) groups is 1. The van der Waals surface area contributed by atoms with Gasteiger partial charge in [0.2, 0.25) is 5.91 Å². The van der Waals surface area contributed by atoms with Crippen molar-refractivity contribution in [1.82, 2.24) is 40.0 Å². The van der Waals surface area contributed by atoms with E-state index in [0.717, 1.165) is 0 Å². The number of ether oxygens (including phenoxy) is 1. The number of piperidine rings is 1. The van der Waals surface area contributed by atoms with Gasteiger partial charge in [-0.15, -0.1) is 5.10 Å². The molecule has 50 heavy (non-hydrogen) atoms. The fraction of sp³-hybridized carbons (Fsp3) is 0.444. The molecule has 14 heteroatoms. The smallest absolute Gasteiger partial charge is 0.246 e. The summed E-state index contributed by atoms with van der Waals surface area (Å²) in [6.07, 6.45) is 5.92. The number of aryl methyl sites for hydroxylation is 1. The largest absolute Gasteiger partial charge is 0.381 e. The van der Waals surface area contributed by atoms with Gasteiger partial charge in [0.05, 0.1) is 42.4 Å². The van der Waals surface area contributed by atoms with Gasteiger partial charge in [0, 0.05) is 60.8 Å². The van der Waals surface area contributed by atoms with Crippen molar-refractivity contribution in [3.05, 3.63) is 53.2 Å². The van der Waals surface area contributed by atoms with Gasteiger partial charge in [0.15, 0.2) is 17.2 Å². The summed E-state index contributed by atoms with van der Waals surface area (Å²) in [6, 6.07) is 4.94. The molecule has 5 heterocycles. The first-order valence-corrected chi connectivity index (χ1v) is 16.7. The Kier molecular flexibility index (Phi) is 8.52. The van der Waals surface area contributed by atoms with Gasteiger partial charge in [-0.25, -0.2) is 18.4 Å². The molecule has 260 valence electrons. The number of halogens is 2. The monoisotopic (exact) mass is 682 g/mol. The van der Waals surface area contributed by atoms with Crippen molar-refractivity contribution in [2.75, 3.05) is 52.3 Å². The Morgan fingerprint density at radius 3 is 2.70 bits per heavy atom. The van der Waals surface area contributed by atoms with E-state index in [1.165, 1.54) is 12.1 Å². The SMILES string of the molecule is COC/C=C/C(=O)N1CC[C@H](n2nnc3c(N4CC(C)(N(C)C)C4)nc4c(F)c(-c5c(C)c(F)cc6[nH]ncc56)c(C)cc4c32)C[C@H]1CC#N. The summed E-state index contributed by atoms with van der Waals surface area (Å²) in [5, 5.41) is 27.1. The van der Waals surface area contributed by atoms with Crippen molar-refractivity contribution in [3.8, 4) is 17.2 Å². The number of likely N-dealkylation sites (N-methyl/N-ethyl adjacent to an activating group) is 1. The zero-order chi connectivity index (χ0) is 35.5. The molecule has 0 bridgehead atoms. The molecule has 2 atom stereocenters. The molecule has 5 aromatic rings. The number of methoxy groups -OCH3 is 1. The van der Waals surface area contributed by atoms with Gasteiger partial charge in [0.25, 0.3) is 0 Å². The first-order chi connectivity index (χ1) is 24.0. The molecule has 2 fully saturated rings. The highest BCUT2D eigenvalue weighted by atomic mass is 19.1. The molecule has 2 aromatic carbocycles. The predicted molar refractivity (Wildman–Crippen MR) is 187 cm³/mol. The van der Waals surface area contributed by atoms with Crippen LogP contribution in [0.2, 0.25) is 0 Å². The molecule has 0 aliphatic carbocycles. The number of pyridine rings is 1. The number of anilines is 1. The van der Waals surface area contributed by atoms with Crippen LogP contribution in [0.4, 0.5) is 14.6 Å². The molecule has 1 amide bonds. The summed E-state index contributed by atoms with van der Waals surface area (Å²) >= 11 is 0. The van der Waals surface area contributed by atoms with E-state index in [0.29, 0.717) is 88.9 Å². The van der Waals surface area contributed by atoms with Gasteiger partial charge in [-0.05, 0) is 71.0 Å². The Bertz CT molecular complexity index is 2210. The second-order valence-electron chi connectivity index (χ2n) is 14.0. The topological polar surface area (TPSA) is 132 Å². The van der Waals surface area contributed by atoms with Crippen LogP contribution in [0, 0.1) is 36.8 Å². The van der Waals surface area contributed by atoms with Gasteiger partial charge >= 0.3 is 0 Å². The lowest BCUT2D eigenvalue weighted by Crippen LogP contribution is -2.67. The van der Waals surface area contributed by atoms with Crippen LogP contribution in [0.15, 0.2) is 30.5 Å². The maximum absolute atomic E-state index is 17.3. The second kappa shape index (κ2) is 12.7. The molecule has 3 aromatic heterocycles. The number of H-pyrrole nitrogens is 1. The number of aromatic nitrogens is 6. The van der Waals surface area contributed by atoms with Crippen LogP contribution in [0.3, 0.4) is 0 Å². The van der Waals surface area contributed by atoms with Gasteiger partial charge in [-0.3, -0.25) is 9.89 Å². The molecule has 2 saturated heterocycles. The minimum absolute atomic E-state index is 0.108. The molecule has 1 N–H and O–H groups in total. The number of benzene rings is 2. The highest BCUT2D eigenvalue weighted by Crippen LogP contribution is 2.43. The van der Waals surface area contributed by atoms with Gasteiger partial charge in [-0.1, -0.05) is 11.3 Å². The van der Waals surface area contributed by atoms with E-state index in [2.05, 4.69) is 43.3 Å². The maximum Gasteiger partial charge on any atom is 0.246 e. The third kappa shape index (κ3) is 5.36. The van der Waals surface area contributed by atoms with Crippen LogP contribution in [0.5, 0.6) is 0 Å². The average molecular weight is 683 g/mol. The zero-order valence-electron chi connectivity index (χ0n) is 29.1. The molecule has 12 nitrogen and oxygen atoms in total. The van der Waals surface area contributed by atoms with E-state index in [9.17, 15) is 10.1 Å². The van der Waals surface area contributed by atoms with E-state index in [-0.39, 0.29) is 41.0 Å². The fourth-order valence-electron chi connectivity index (χ4n) is 7.57.